The molecule has 7 nitrogen and oxygen atoms in total. The predicted molar refractivity (Wildman–Crippen MR) is 105 cm³/mol. The summed E-state index contributed by atoms with van der Waals surface area (Å²) in [6.07, 6.45) is 5.35. The number of halogens is 1. The highest BCUT2D eigenvalue weighted by Gasteiger charge is 2.30. The lowest BCUT2D eigenvalue weighted by atomic mass is 10.0. The number of aromatic nitrogens is 2. The van der Waals surface area contributed by atoms with Gasteiger partial charge in [-0.1, -0.05) is 6.42 Å². The average molecular weight is 402 g/mol. The summed E-state index contributed by atoms with van der Waals surface area (Å²) in [5, 5.41) is 11.4. The normalized spacial score (nSPS) is 21.2. The van der Waals surface area contributed by atoms with Gasteiger partial charge in [0.05, 0.1) is 6.04 Å². The van der Waals surface area contributed by atoms with Gasteiger partial charge in [-0.25, -0.2) is 4.39 Å². The number of nitrogens with one attached hydrogen (secondary N) is 1. The van der Waals surface area contributed by atoms with Crippen molar-refractivity contribution in [3.05, 3.63) is 41.9 Å². The summed E-state index contributed by atoms with van der Waals surface area (Å²) >= 11 is 0. The molecule has 1 aromatic carbocycles. The highest BCUT2D eigenvalue weighted by Crippen LogP contribution is 2.33. The van der Waals surface area contributed by atoms with E-state index in [1.54, 1.807) is 12.1 Å². The van der Waals surface area contributed by atoms with E-state index in [0.29, 0.717) is 30.4 Å². The topological polar surface area (TPSA) is 80.5 Å². The molecule has 0 spiro atoms. The number of carbonyl (C=O) groups excluding carboxylic acids is 1. The minimum Gasteiger partial charge on any atom is -0.423 e. The molecule has 156 valence electrons. The van der Waals surface area contributed by atoms with Crippen LogP contribution >= 0.6 is 0 Å². The number of ether oxygens (including phenoxy) is 1. The zero-order valence-corrected chi connectivity index (χ0v) is 16.5. The molecule has 8 heteroatoms. The Morgan fingerprint density at radius 3 is 2.66 bits per heavy atom. The van der Waals surface area contributed by atoms with Crippen LogP contribution in [0, 0.1) is 5.82 Å². The molecule has 2 aliphatic rings. The zero-order valence-electron chi connectivity index (χ0n) is 16.5. The van der Waals surface area contributed by atoms with Crippen LogP contribution in [0.2, 0.25) is 0 Å². The minimum absolute atomic E-state index is 0.0588. The van der Waals surface area contributed by atoms with Crippen molar-refractivity contribution in [3.63, 3.8) is 0 Å². The maximum Gasteiger partial charge on any atom is 0.233 e. The number of hydrogen-bond donors (Lipinski definition) is 1. The minimum atomic E-state index is -0.321. The second kappa shape index (κ2) is 9.45. The maximum atomic E-state index is 13.0. The van der Waals surface area contributed by atoms with E-state index in [1.807, 2.05) is 0 Å². The summed E-state index contributed by atoms with van der Waals surface area (Å²) in [5.74, 6) is 1.24. The van der Waals surface area contributed by atoms with Crippen molar-refractivity contribution in [2.75, 3.05) is 31.6 Å². The molecule has 1 aromatic heterocycles. The Hall–Kier alpha value is -2.32. The number of anilines is 1. The molecule has 1 atom stereocenters. The molecule has 4 rings (SSSR count). The number of likely N-dealkylation sites (tertiary alicyclic amines) is 1. The van der Waals surface area contributed by atoms with Crippen molar-refractivity contribution in [2.24, 2.45) is 0 Å². The van der Waals surface area contributed by atoms with Crippen molar-refractivity contribution in [1.82, 2.24) is 15.1 Å². The van der Waals surface area contributed by atoms with Gasteiger partial charge < -0.3 is 14.5 Å². The number of piperidine rings is 1. The molecule has 0 radical (unpaired) electrons. The first kappa shape index (κ1) is 20.0. The van der Waals surface area contributed by atoms with Gasteiger partial charge in [0.25, 0.3) is 0 Å². The van der Waals surface area contributed by atoms with Crippen LogP contribution in [0.15, 0.2) is 28.7 Å². The first-order chi connectivity index (χ1) is 14.2. The van der Waals surface area contributed by atoms with Crippen molar-refractivity contribution < 1.29 is 18.3 Å². The molecular formula is C21H27FN4O3. The quantitative estimate of drug-likeness (QED) is 0.794. The van der Waals surface area contributed by atoms with Crippen molar-refractivity contribution in [2.45, 2.75) is 50.5 Å². The van der Waals surface area contributed by atoms with E-state index in [1.165, 1.54) is 12.1 Å². The van der Waals surface area contributed by atoms with Crippen LogP contribution in [0.25, 0.3) is 0 Å². The molecule has 2 aromatic rings. The van der Waals surface area contributed by atoms with Gasteiger partial charge in [0.1, 0.15) is 5.82 Å². The Morgan fingerprint density at radius 1 is 1.10 bits per heavy atom. The summed E-state index contributed by atoms with van der Waals surface area (Å²) in [4.78, 5) is 14.6. The van der Waals surface area contributed by atoms with Crippen LogP contribution in [0.5, 0.6) is 0 Å². The van der Waals surface area contributed by atoms with E-state index in [2.05, 4.69) is 20.4 Å². The van der Waals surface area contributed by atoms with Gasteiger partial charge in [-0.05, 0) is 56.5 Å². The lowest BCUT2D eigenvalue weighted by molar-refractivity contribution is -0.116. The standard InChI is InChI=1S/C21H27FN4O3/c22-16-4-6-17(7-5-16)23-19(27)8-12-26-11-2-1-3-18(26)21-25-24-20(29-21)15-9-13-28-14-10-15/h4-7,15,18H,1-3,8-14H2,(H,23,27)/t18-/m1/s1. The van der Waals surface area contributed by atoms with Gasteiger partial charge in [-0.15, -0.1) is 10.2 Å². The molecule has 3 heterocycles. The van der Waals surface area contributed by atoms with Gasteiger partial charge in [0, 0.05) is 37.8 Å². The van der Waals surface area contributed by atoms with Crippen molar-refractivity contribution in [3.8, 4) is 0 Å². The average Bonchev–Trinajstić information content (AvgIpc) is 3.25. The van der Waals surface area contributed by atoms with Crippen molar-refractivity contribution >= 4 is 11.6 Å². The van der Waals surface area contributed by atoms with Gasteiger partial charge in [0.2, 0.25) is 17.7 Å². The summed E-state index contributed by atoms with van der Waals surface area (Å²) < 4.78 is 24.5. The molecule has 29 heavy (non-hydrogen) atoms. The largest absolute Gasteiger partial charge is 0.423 e. The molecule has 0 unspecified atom stereocenters. The molecule has 2 saturated heterocycles. The molecule has 0 saturated carbocycles. The Bertz CT molecular complexity index is 805. The Balaban J connectivity index is 1.34. The maximum absolute atomic E-state index is 13.0. The van der Waals surface area contributed by atoms with E-state index in [4.69, 9.17) is 9.15 Å². The van der Waals surface area contributed by atoms with E-state index in [9.17, 15) is 9.18 Å². The van der Waals surface area contributed by atoms with Gasteiger partial charge in [-0.3, -0.25) is 9.69 Å². The highest BCUT2D eigenvalue weighted by molar-refractivity contribution is 5.90. The summed E-state index contributed by atoms with van der Waals surface area (Å²) in [6, 6.07) is 5.85. The molecule has 0 bridgehead atoms. The summed E-state index contributed by atoms with van der Waals surface area (Å²) in [6.45, 7) is 3.00. The predicted octanol–water partition coefficient (Wildman–Crippen LogP) is 3.66. The van der Waals surface area contributed by atoms with Crippen LogP contribution < -0.4 is 5.32 Å². The van der Waals surface area contributed by atoms with Crippen LogP contribution in [0.3, 0.4) is 0 Å². The summed E-state index contributed by atoms with van der Waals surface area (Å²) in [7, 11) is 0. The van der Waals surface area contributed by atoms with Gasteiger partial charge in [0.15, 0.2) is 0 Å². The molecule has 2 aliphatic heterocycles. The Morgan fingerprint density at radius 2 is 1.86 bits per heavy atom. The highest BCUT2D eigenvalue weighted by atomic mass is 19.1. The van der Waals surface area contributed by atoms with Crippen LogP contribution in [-0.2, 0) is 9.53 Å². The smallest absolute Gasteiger partial charge is 0.233 e. The number of hydrogen-bond acceptors (Lipinski definition) is 6. The fourth-order valence-electron chi connectivity index (χ4n) is 4.03. The number of nitrogens with zero attached hydrogens (tertiary/aromatic N) is 3. The van der Waals surface area contributed by atoms with E-state index in [-0.39, 0.29) is 23.7 Å². The Labute approximate surface area is 169 Å². The lowest BCUT2D eigenvalue weighted by Crippen LogP contribution is -2.35. The molecule has 2 fully saturated rings. The van der Waals surface area contributed by atoms with Crippen LogP contribution in [0.4, 0.5) is 10.1 Å². The van der Waals surface area contributed by atoms with Gasteiger partial charge >= 0.3 is 0 Å². The van der Waals surface area contributed by atoms with Crippen LogP contribution in [0.1, 0.15) is 62.3 Å². The lowest BCUT2D eigenvalue weighted by Gasteiger charge is -2.33. The fraction of sp³-hybridized carbons (Fsp3) is 0.571. The van der Waals surface area contributed by atoms with E-state index >= 15 is 0 Å². The van der Waals surface area contributed by atoms with Crippen molar-refractivity contribution in [1.29, 1.82) is 0 Å². The fourth-order valence-corrected chi connectivity index (χ4v) is 4.03. The second-order valence-corrected chi connectivity index (χ2v) is 7.72. The van der Waals surface area contributed by atoms with E-state index in [0.717, 1.165) is 51.9 Å². The molecule has 1 amide bonds. The van der Waals surface area contributed by atoms with E-state index < -0.39 is 0 Å². The number of carbonyl (C=O) groups is 1. The first-order valence-electron chi connectivity index (χ1n) is 10.4. The Kier molecular flexibility index (Phi) is 6.51. The first-order valence-corrected chi connectivity index (χ1v) is 10.4. The number of benzene rings is 1. The van der Waals surface area contributed by atoms with Gasteiger partial charge in [-0.2, -0.15) is 0 Å². The third kappa shape index (κ3) is 5.19. The zero-order chi connectivity index (χ0) is 20.1. The number of rotatable bonds is 6. The number of amides is 1. The molecular weight excluding hydrogens is 375 g/mol. The third-order valence-electron chi connectivity index (χ3n) is 5.68. The molecule has 0 aliphatic carbocycles. The second-order valence-electron chi connectivity index (χ2n) is 7.72. The summed E-state index contributed by atoms with van der Waals surface area (Å²) in [5.41, 5.74) is 0.601. The SMILES string of the molecule is O=C(CCN1CCCC[C@@H]1c1nnc(C2CCOCC2)o1)Nc1ccc(F)cc1. The third-order valence-corrected chi connectivity index (χ3v) is 5.68. The van der Waals surface area contributed by atoms with Crippen LogP contribution in [-0.4, -0.2) is 47.3 Å². The monoisotopic (exact) mass is 402 g/mol. The molecule has 1 N–H and O–H groups in total.